The third kappa shape index (κ3) is 3.21. The Labute approximate surface area is 145 Å². The quantitative estimate of drug-likeness (QED) is 0.671. The number of thiocarbonyl (C=S) groups is 1. The van der Waals surface area contributed by atoms with E-state index in [-0.39, 0.29) is 11.7 Å². The second-order valence-corrected chi connectivity index (χ2v) is 6.32. The largest absolute Gasteiger partial charge is 0.327 e. The maximum atomic E-state index is 13.3. The van der Waals surface area contributed by atoms with Crippen LogP contribution >= 0.6 is 12.2 Å². The van der Waals surface area contributed by atoms with Gasteiger partial charge in [0, 0.05) is 0 Å². The fourth-order valence-electron chi connectivity index (χ4n) is 2.54. The number of hydrogen-bond acceptors (Lipinski definition) is 2. The third-order valence-corrected chi connectivity index (χ3v) is 4.14. The molecule has 0 atom stereocenters. The van der Waals surface area contributed by atoms with Crippen LogP contribution in [-0.4, -0.2) is 11.0 Å². The molecule has 1 aliphatic heterocycles. The Morgan fingerprint density at radius 2 is 1.88 bits per heavy atom. The van der Waals surface area contributed by atoms with Crippen molar-refractivity contribution in [2.45, 2.75) is 19.8 Å². The zero-order chi connectivity index (χ0) is 17.3. The smallest absolute Gasteiger partial charge is 0.281 e. The Hall–Kier alpha value is -2.53. The lowest BCUT2D eigenvalue weighted by Gasteiger charge is -2.15. The Balaban J connectivity index is 1.89. The van der Waals surface area contributed by atoms with Crippen molar-refractivity contribution in [1.29, 1.82) is 0 Å². The lowest BCUT2D eigenvalue weighted by Crippen LogP contribution is -2.30. The van der Waals surface area contributed by atoms with Crippen LogP contribution in [0.3, 0.4) is 0 Å². The van der Waals surface area contributed by atoms with Crippen LogP contribution in [0.25, 0.3) is 6.08 Å². The minimum absolute atomic E-state index is 0.249. The van der Waals surface area contributed by atoms with E-state index >= 15 is 0 Å². The summed E-state index contributed by atoms with van der Waals surface area (Å²) in [5.74, 6) is -0.179. The van der Waals surface area contributed by atoms with E-state index in [1.807, 2.05) is 24.3 Å². The summed E-state index contributed by atoms with van der Waals surface area (Å²) in [5, 5.41) is 3.22. The van der Waals surface area contributed by atoms with Crippen LogP contribution in [0.4, 0.5) is 10.1 Å². The summed E-state index contributed by atoms with van der Waals surface area (Å²) < 4.78 is 13.3. The standard InChI is InChI=1S/C19H17FN2OS/c1-12(2)14-6-8-16(9-7-14)22-18(23)17(21-19(22)24)11-13-4-3-5-15(20)10-13/h3-12H,1-2H3,(H,21,24)/b17-11+. The highest BCUT2D eigenvalue weighted by Gasteiger charge is 2.31. The molecular formula is C19H17FN2OS. The summed E-state index contributed by atoms with van der Waals surface area (Å²) in [7, 11) is 0. The van der Waals surface area contributed by atoms with Crippen LogP contribution in [0, 0.1) is 5.82 Å². The molecule has 1 aliphatic rings. The van der Waals surface area contributed by atoms with E-state index < -0.39 is 0 Å². The molecule has 2 aromatic carbocycles. The van der Waals surface area contributed by atoms with Crippen molar-refractivity contribution in [3.63, 3.8) is 0 Å². The fraction of sp³-hybridized carbons (Fsp3) is 0.158. The van der Waals surface area contributed by atoms with Gasteiger partial charge in [0.15, 0.2) is 5.11 Å². The lowest BCUT2D eigenvalue weighted by molar-refractivity contribution is -0.113. The van der Waals surface area contributed by atoms with Crippen molar-refractivity contribution in [2.24, 2.45) is 0 Å². The number of hydrogen-bond donors (Lipinski definition) is 1. The number of nitrogens with one attached hydrogen (secondary N) is 1. The van der Waals surface area contributed by atoms with Crippen LogP contribution in [0.1, 0.15) is 30.9 Å². The molecule has 0 spiro atoms. The Kier molecular flexibility index (Phi) is 4.44. The van der Waals surface area contributed by atoms with Gasteiger partial charge in [-0.25, -0.2) is 4.39 Å². The second kappa shape index (κ2) is 6.53. The Morgan fingerprint density at radius 3 is 2.50 bits per heavy atom. The van der Waals surface area contributed by atoms with Crippen molar-refractivity contribution in [1.82, 2.24) is 5.32 Å². The van der Waals surface area contributed by atoms with Crippen molar-refractivity contribution < 1.29 is 9.18 Å². The van der Waals surface area contributed by atoms with Crippen LogP contribution in [-0.2, 0) is 4.79 Å². The normalized spacial score (nSPS) is 16.2. The van der Waals surface area contributed by atoms with Gasteiger partial charge >= 0.3 is 0 Å². The first-order valence-corrected chi connectivity index (χ1v) is 8.09. The van der Waals surface area contributed by atoms with Crippen LogP contribution in [0.15, 0.2) is 54.2 Å². The van der Waals surface area contributed by atoms with E-state index in [1.165, 1.54) is 22.6 Å². The van der Waals surface area contributed by atoms with E-state index in [1.54, 1.807) is 18.2 Å². The molecule has 1 fully saturated rings. The molecule has 3 rings (SSSR count). The molecule has 5 heteroatoms. The summed E-state index contributed by atoms with van der Waals surface area (Å²) in [4.78, 5) is 14.1. The van der Waals surface area contributed by atoms with Crippen LogP contribution in [0.2, 0.25) is 0 Å². The predicted octanol–water partition coefficient (Wildman–Crippen LogP) is 4.21. The number of carbonyl (C=O) groups excluding carboxylic acids is 1. The molecule has 0 saturated carbocycles. The van der Waals surface area contributed by atoms with Gasteiger partial charge in [-0.1, -0.05) is 38.1 Å². The van der Waals surface area contributed by atoms with Crippen LogP contribution in [0.5, 0.6) is 0 Å². The predicted molar refractivity (Wildman–Crippen MR) is 98.1 cm³/mol. The lowest BCUT2D eigenvalue weighted by atomic mass is 10.0. The van der Waals surface area contributed by atoms with Gasteiger partial charge in [-0.2, -0.15) is 0 Å². The van der Waals surface area contributed by atoms with E-state index in [0.717, 1.165) is 0 Å². The molecule has 1 amide bonds. The number of benzene rings is 2. The van der Waals surface area contributed by atoms with Gasteiger partial charge in [-0.15, -0.1) is 0 Å². The minimum atomic E-state index is -0.349. The number of carbonyl (C=O) groups is 1. The molecule has 1 N–H and O–H groups in total. The molecule has 122 valence electrons. The van der Waals surface area contributed by atoms with E-state index in [2.05, 4.69) is 19.2 Å². The van der Waals surface area contributed by atoms with Crippen LogP contribution < -0.4 is 10.2 Å². The van der Waals surface area contributed by atoms with E-state index in [4.69, 9.17) is 12.2 Å². The average Bonchev–Trinajstić information content (AvgIpc) is 2.81. The maximum Gasteiger partial charge on any atom is 0.281 e. The van der Waals surface area contributed by atoms with Crippen molar-refractivity contribution >= 4 is 35.0 Å². The second-order valence-electron chi connectivity index (χ2n) is 5.93. The summed E-state index contributed by atoms with van der Waals surface area (Å²) in [6.45, 7) is 4.23. The minimum Gasteiger partial charge on any atom is -0.327 e. The SMILES string of the molecule is CC(C)c1ccc(N2C(=O)/C(=C\c3cccc(F)c3)NC2=S)cc1. The van der Waals surface area contributed by atoms with Gasteiger partial charge in [-0.3, -0.25) is 9.69 Å². The first kappa shape index (κ1) is 16.3. The van der Waals surface area contributed by atoms with Gasteiger partial charge in [0.2, 0.25) is 0 Å². The van der Waals surface area contributed by atoms with E-state index in [9.17, 15) is 9.18 Å². The molecule has 24 heavy (non-hydrogen) atoms. The Bertz CT molecular complexity index is 828. The summed E-state index contributed by atoms with van der Waals surface area (Å²) in [6, 6.07) is 13.8. The topological polar surface area (TPSA) is 32.3 Å². The molecule has 0 aromatic heterocycles. The maximum absolute atomic E-state index is 13.3. The highest BCUT2D eigenvalue weighted by molar-refractivity contribution is 7.80. The number of anilines is 1. The average molecular weight is 340 g/mol. The molecule has 0 bridgehead atoms. The van der Waals surface area contributed by atoms with Gasteiger partial charge in [0.05, 0.1) is 5.69 Å². The first-order valence-electron chi connectivity index (χ1n) is 7.68. The first-order chi connectivity index (χ1) is 11.5. The van der Waals surface area contributed by atoms with E-state index in [0.29, 0.717) is 28.0 Å². The van der Waals surface area contributed by atoms with Gasteiger partial charge in [-0.05, 0) is 59.6 Å². The molecule has 1 heterocycles. The fourth-order valence-corrected chi connectivity index (χ4v) is 2.84. The molecule has 1 saturated heterocycles. The molecular weight excluding hydrogens is 323 g/mol. The van der Waals surface area contributed by atoms with Gasteiger partial charge in [0.25, 0.3) is 5.91 Å². The molecule has 0 radical (unpaired) electrons. The molecule has 0 unspecified atom stereocenters. The Morgan fingerprint density at radius 1 is 1.17 bits per heavy atom. The van der Waals surface area contributed by atoms with Crippen molar-refractivity contribution in [2.75, 3.05) is 4.90 Å². The van der Waals surface area contributed by atoms with Crippen molar-refractivity contribution in [3.8, 4) is 0 Å². The molecule has 0 aliphatic carbocycles. The molecule has 2 aromatic rings. The zero-order valence-electron chi connectivity index (χ0n) is 13.4. The zero-order valence-corrected chi connectivity index (χ0v) is 14.2. The number of rotatable bonds is 3. The summed E-state index contributed by atoms with van der Waals surface area (Å²) in [6.07, 6.45) is 1.60. The highest BCUT2D eigenvalue weighted by Crippen LogP contribution is 2.25. The summed E-state index contributed by atoms with van der Waals surface area (Å²) in [5.41, 5.74) is 2.84. The number of amides is 1. The highest BCUT2D eigenvalue weighted by atomic mass is 32.1. The molecule has 3 nitrogen and oxygen atoms in total. The number of nitrogens with zero attached hydrogens (tertiary/aromatic N) is 1. The van der Waals surface area contributed by atoms with Gasteiger partial charge < -0.3 is 5.32 Å². The monoisotopic (exact) mass is 340 g/mol. The van der Waals surface area contributed by atoms with Gasteiger partial charge in [0.1, 0.15) is 11.5 Å². The van der Waals surface area contributed by atoms with Crippen molar-refractivity contribution in [3.05, 3.63) is 71.2 Å². The third-order valence-electron chi connectivity index (χ3n) is 3.86. The summed E-state index contributed by atoms with van der Waals surface area (Å²) >= 11 is 5.28. The number of halogens is 1.